The van der Waals surface area contributed by atoms with Crippen LogP contribution in [0.5, 0.6) is 11.5 Å². The van der Waals surface area contributed by atoms with E-state index in [-0.39, 0.29) is 0 Å². The molecule has 0 saturated carbocycles. The van der Waals surface area contributed by atoms with E-state index in [1.807, 2.05) is 6.07 Å². The van der Waals surface area contributed by atoms with Crippen LogP contribution in [0.3, 0.4) is 0 Å². The molecule has 1 aromatic carbocycles. The first-order chi connectivity index (χ1) is 14.8. The molecule has 3 heterocycles. The molecule has 1 amide bonds. The molecular formula is C24H33N3O3. The van der Waals surface area contributed by atoms with Gasteiger partial charge in [-0.25, -0.2) is 0 Å². The number of likely N-dealkylation sites (tertiary alicyclic amines) is 1. The van der Waals surface area contributed by atoms with E-state index in [0.29, 0.717) is 18.7 Å². The number of carbonyl (C=O) groups excluding carboxylic acids is 1. The molecule has 1 aromatic rings. The number of piperazine rings is 1. The quantitative estimate of drug-likeness (QED) is 0.762. The Morgan fingerprint density at radius 3 is 2.70 bits per heavy atom. The minimum atomic E-state index is 0.306. The highest BCUT2D eigenvalue weighted by atomic mass is 16.7. The number of hydrogen-bond acceptors (Lipinski definition) is 5. The van der Waals surface area contributed by atoms with E-state index in [1.165, 1.54) is 24.8 Å². The van der Waals surface area contributed by atoms with Crippen molar-refractivity contribution in [2.24, 2.45) is 0 Å². The molecule has 4 aliphatic rings. The average molecular weight is 412 g/mol. The lowest BCUT2D eigenvalue weighted by Crippen LogP contribution is -2.55. The third-order valence-electron chi connectivity index (χ3n) is 7.02. The number of nitrogens with zero attached hydrogens (tertiary/aromatic N) is 3. The summed E-state index contributed by atoms with van der Waals surface area (Å²) in [5.41, 5.74) is 2.35. The number of rotatable bonds is 4. The van der Waals surface area contributed by atoms with Gasteiger partial charge in [0.2, 0.25) is 12.7 Å². The highest BCUT2D eigenvalue weighted by Gasteiger charge is 2.31. The van der Waals surface area contributed by atoms with Gasteiger partial charge in [0.15, 0.2) is 11.5 Å². The molecule has 3 aliphatic heterocycles. The van der Waals surface area contributed by atoms with Crippen molar-refractivity contribution in [3.8, 4) is 11.5 Å². The summed E-state index contributed by atoms with van der Waals surface area (Å²) < 4.78 is 10.9. The zero-order valence-corrected chi connectivity index (χ0v) is 17.9. The summed E-state index contributed by atoms with van der Waals surface area (Å²) in [6.45, 7) is 7.42. The minimum absolute atomic E-state index is 0.306. The van der Waals surface area contributed by atoms with Crippen LogP contribution >= 0.6 is 0 Å². The van der Waals surface area contributed by atoms with Crippen LogP contribution in [0.15, 0.2) is 29.8 Å². The summed E-state index contributed by atoms with van der Waals surface area (Å²) in [7, 11) is 0. The number of allylic oxidation sites excluding steroid dienone is 1. The molecular weight excluding hydrogens is 378 g/mol. The Balaban J connectivity index is 1.12. The largest absolute Gasteiger partial charge is 0.454 e. The smallest absolute Gasteiger partial charge is 0.249 e. The van der Waals surface area contributed by atoms with Crippen LogP contribution in [-0.4, -0.2) is 72.7 Å². The van der Waals surface area contributed by atoms with Crippen molar-refractivity contribution < 1.29 is 14.3 Å². The molecule has 0 N–H and O–H groups in total. The molecule has 1 aliphatic carbocycles. The molecule has 6 heteroatoms. The summed E-state index contributed by atoms with van der Waals surface area (Å²) in [4.78, 5) is 20.2. The monoisotopic (exact) mass is 411 g/mol. The fourth-order valence-electron chi connectivity index (χ4n) is 5.26. The molecule has 1 atom stereocenters. The van der Waals surface area contributed by atoms with Gasteiger partial charge in [-0.15, -0.1) is 0 Å². The minimum Gasteiger partial charge on any atom is -0.454 e. The lowest BCUT2D eigenvalue weighted by Gasteiger charge is -2.43. The van der Waals surface area contributed by atoms with Crippen LogP contribution in [0.25, 0.3) is 0 Å². The SMILES string of the molecule is O=C(C1=CCCCC1)N1CCC[C@H](N2CCN(Cc3ccc4c(c3)OCO4)CC2)C1. The van der Waals surface area contributed by atoms with Crippen LogP contribution in [0, 0.1) is 0 Å². The zero-order valence-electron chi connectivity index (χ0n) is 17.9. The second-order valence-electron chi connectivity index (χ2n) is 9.02. The molecule has 162 valence electrons. The predicted octanol–water partition coefficient (Wildman–Crippen LogP) is 3.02. The summed E-state index contributed by atoms with van der Waals surface area (Å²) >= 11 is 0. The Labute approximate surface area is 179 Å². The normalized spacial score (nSPS) is 25.3. The van der Waals surface area contributed by atoms with Crippen molar-refractivity contribution in [1.82, 2.24) is 14.7 Å². The predicted molar refractivity (Wildman–Crippen MR) is 116 cm³/mol. The van der Waals surface area contributed by atoms with E-state index in [9.17, 15) is 4.79 Å². The lowest BCUT2D eigenvalue weighted by atomic mass is 9.96. The standard InChI is InChI=1S/C24H33N3O3/c28-24(20-5-2-1-3-6-20)27-10-4-7-21(17-27)26-13-11-25(12-14-26)16-19-8-9-22-23(15-19)30-18-29-22/h5,8-9,15,21H,1-4,6-7,10-14,16-18H2/t21-/m0/s1. The summed E-state index contributed by atoms with van der Waals surface area (Å²) in [5, 5.41) is 0. The molecule has 0 radical (unpaired) electrons. The maximum Gasteiger partial charge on any atom is 0.249 e. The van der Waals surface area contributed by atoms with E-state index in [2.05, 4.69) is 32.9 Å². The number of hydrogen-bond donors (Lipinski definition) is 0. The fourth-order valence-corrected chi connectivity index (χ4v) is 5.26. The van der Waals surface area contributed by atoms with Gasteiger partial charge in [-0.3, -0.25) is 14.6 Å². The van der Waals surface area contributed by atoms with Crippen LogP contribution in [0.1, 0.15) is 44.1 Å². The van der Waals surface area contributed by atoms with Crippen LogP contribution < -0.4 is 9.47 Å². The van der Waals surface area contributed by atoms with Gasteiger partial charge < -0.3 is 14.4 Å². The summed E-state index contributed by atoms with van der Waals surface area (Å²) in [5.74, 6) is 2.02. The Hall–Kier alpha value is -2.05. The van der Waals surface area contributed by atoms with E-state index >= 15 is 0 Å². The van der Waals surface area contributed by atoms with Crippen molar-refractivity contribution in [1.29, 1.82) is 0 Å². The maximum absolute atomic E-state index is 12.9. The Morgan fingerprint density at radius 1 is 1.00 bits per heavy atom. The van der Waals surface area contributed by atoms with E-state index < -0.39 is 0 Å². The van der Waals surface area contributed by atoms with Crippen molar-refractivity contribution in [3.63, 3.8) is 0 Å². The Morgan fingerprint density at radius 2 is 1.87 bits per heavy atom. The van der Waals surface area contributed by atoms with Gasteiger partial charge in [-0.05, 0) is 56.2 Å². The zero-order chi connectivity index (χ0) is 20.3. The number of fused-ring (bicyclic) bond motifs is 1. The first-order valence-electron chi connectivity index (χ1n) is 11.6. The Kier molecular flexibility index (Phi) is 5.95. The molecule has 6 nitrogen and oxygen atoms in total. The van der Waals surface area contributed by atoms with Crippen molar-refractivity contribution in [2.45, 2.75) is 51.1 Å². The van der Waals surface area contributed by atoms with E-state index in [0.717, 1.165) is 82.1 Å². The third kappa shape index (κ3) is 4.35. The van der Waals surface area contributed by atoms with Gasteiger partial charge in [0.05, 0.1) is 0 Å². The second kappa shape index (κ2) is 8.98. The fraction of sp³-hybridized carbons (Fsp3) is 0.625. The van der Waals surface area contributed by atoms with Gasteiger partial charge >= 0.3 is 0 Å². The van der Waals surface area contributed by atoms with Gasteiger partial charge in [0.25, 0.3) is 0 Å². The molecule has 0 unspecified atom stereocenters. The topological polar surface area (TPSA) is 45.3 Å². The molecule has 0 bridgehead atoms. The molecule has 0 aromatic heterocycles. The van der Waals surface area contributed by atoms with E-state index in [1.54, 1.807) is 0 Å². The first kappa shape index (κ1) is 19.9. The lowest BCUT2D eigenvalue weighted by molar-refractivity contribution is -0.129. The van der Waals surface area contributed by atoms with Crippen LogP contribution in [0.4, 0.5) is 0 Å². The number of piperidine rings is 1. The molecule has 30 heavy (non-hydrogen) atoms. The second-order valence-corrected chi connectivity index (χ2v) is 9.02. The Bertz CT molecular complexity index is 801. The first-order valence-corrected chi connectivity index (χ1v) is 11.6. The van der Waals surface area contributed by atoms with Crippen LogP contribution in [0.2, 0.25) is 0 Å². The molecule has 0 spiro atoms. The van der Waals surface area contributed by atoms with Gasteiger partial charge in [0, 0.05) is 57.4 Å². The molecule has 2 saturated heterocycles. The van der Waals surface area contributed by atoms with Crippen LogP contribution in [-0.2, 0) is 11.3 Å². The van der Waals surface area contributed by atoms with Crippen molar-refractivity contribution >= 4 is 5.91 Å². The number of amides is 1. The van der Waals surface area contributed by atoms with Gasteiger partial charge in [-0.1, -0.05) is 12.1 Å². The molecule has 2 fully saturated rings. The average Bonchev–Trinajstić information content (AvgIpc) is 3.28. The van der Waals surface area contributed by atoms with E-state index in [4.69, 9.17) is 9.47 Å². The highest BCUT2D eigenvalue weighted by molar-refractivity contribution is 5.93. The summed E-state index contributed by atoms with van der Waals surface area (Å²) in [6.07, 6.45) is 8.97. The highest BCUT2D eigenvalue weighted by Crippen LogP contribution is 2.33. The maximum atomic E-state index is 12.9. The van der Waals surface area contributed by atoms with Crippen molar-refractivity contribution in [3.05, 3.63) is 35.4 Å². The summed E-state index contributed by atoms with van der Waals surface area (Å²) in [6, 6.07) is 6.78. The number of ether oxygens (including phenoxy) is 2. The third-order valence-corrected chi connectivity index (χ3v) is 7.02. The van der Waals surface area contributed by atoms with Gasteiger partial charge in [-0.2, -0.15) is 0 Å². The van der Waals surface area contributed by atoms with Crippen molar-refractivity contribution in [2.75, 3.05) is 46.1 Å². The van der Waals surface area contributed by atoms with Gasteiger partial charge in [0.1, 0.15) is 0 Å². The number of benzene rings is 1. The molecule has 5 rings (SSSR count). The number of carbonyl (C=O) groups is 1.